The number of carbonyl (C=O) groups is 1. The van der Waals surface area contributed by atoms with E-state index in [1.807, 2.05) is 68.4 Å². The van der Waals surface area contributed by atoms with Crippen LogP contribution in [-0.4, -0.2) is 41.9 Å². The summed E-state index contributed by atoms with van der Waals surface area (Å²) in [5.74, 6) is 1.22. The van der Waals surface area contributed by atoms with Crippen LogP contribution in [-0.2, 0) is 4.79 Å². The minimum absolute atomic E-state index is 0.335. The number of nitrogens with zero attached hydrogens (tertiary/aromatic N) is 4. The lowest BCUT2D eigenvalue weighted by molar-refractivity contribution is -0.113. The minimum atomic E-state index is -0.686. The summed E-state index contributed by atoms with van der Waals surface area (Å²) in [6.07, 6.45) is 0. The van der Waals surface area contributed by atoms with Crippen LogP contribution < -0.4 is 20.3 Å². The summed E-state index contributed by atoms with van der Waals surface area (Å²) in [5.41, 5.74) is 4.12. The standard InChI is InChI=1S/C28H26Cl2N6O2/c1-16-23(27(37)32-21-10-5-6-11-22(21)38-4)25(19-8-7-9-20(29)24(19)30)36-28(31-16)33-26(34-36)17-12-14-18(15-13-17)35(2)3/h5-15,25H,1-4H3,(H,32,37)(H,31,33,34). The number of rotatable bonds is 6. The molecule has 1 amide bonds. The predicted molar refractivity (Wildman–Crippen MR) is 152 cm³/mol. The third-order valence-corrected chi connectivity index (χ3v) is 7.20. The fourth-order valence-electron chi connectivity index (χ4n) is 4.43. The van der Waals surface area contributed by atoms with E-state index in [4.69, 9.17) is 38.0 Å². The molecule has 5 rings (SSSR count). The van der Waals surface area contributed by atoms with Crippen LogP contribution in [0.5, 0.6) is 5.75 Å². The van der Waals surface area contributed by atoms with Crippen LogP contribution >= 0.6 is 23.2 Å². The van der Waals surface area contributed by atoms with Crippen molar-refractivity contribution in [1.29, 1.82) is 0 Å². The van der Waals surface area contributed by atoms with Crippen molar-refractivity contribution in [3.63, 3.8) is 0 Å². The number of carbonyl (C=O) groups excluding carboxylic acids is 1. The van der Waals surface area contributed by atoms with E-state index in [9.17, 15) is 4.79 Å². The number of allylic oxidation sites excluding steroid dienone is 1. The molecule has 0 bridgehead atoms. The molecule has 1 aliphatic rings. The molecule has 0 fully saturated rings. The zero-order valence-corrected chi connectivity index (χ0v) is 22.8. The van der Waals surface area contributed by atoms with Gasteiger partial charge in [0.05, 0.1) is 28.4 Å². The number of halogens is 2. The predicted octanol–water partition coefficient (Wildman–Crippen LogP) is 6.25. The molecule has 194 valence electrons. The van der Waals surface area contributed by atoms with Crippen LogP contribution in [0.4, 0.5) is 17.3 Å². The average molecular weight is 549 g/mol. The maximum absolute atomic E-state index is 13.8. The first kappa shape index (κ1) is 25.6. The number of aromatic nitrogens is 3. The molecule has 4 aromatic rings. The Morgan fingerprint density at radius 3 is 2.50 bits per heavy atom. The van der Waals surface area contributed by atoms with E-state index in [1.165, 1.54) is 0 Å². The first-order chi connectivity index (χ1) is 18.3. The number of anilines is 3. The number of fused-ring (bicyclic) bond motifs is 1. The van der Waals surface area contributed by atoms with E-state index in [-0.39, 0.29) is 5.91 Å². The largest absolute Gasteiger partial charge is 0.495 e. The van der Waals surface area contributed by atoms with Gasteiger partial charge in [0.1, 0.15) is 11.8 Å². The van der Waals surface area contributed by atoms with Crippen molar-refractivity contribution in [3.8, 4) is 17.1 Å². The van der Waals surface area contributed by atoms with Crippen molar-refractivity contribution in [2.24, 2.45) is 0 Å². The molecule has 2 N–H and O–H groups in total. The number of hydrogen-bond acceptors (Lipinski definition) is 6. The average Bonchev–Trinajstić information content (AvgIpc) is 3.33. The molecule has 0 aliphatic carbocycles. The Kier molecular flexibility index (Phi) is 7.01. The van der Waals surface area contributed by atoms with Crippen molar-refractivity contribution in [3.05, 3.63) is 93.6 Å². The van der Waals surface area contributed by atoms with E-state index < -0.39 is 6.04 Å². The first-order valence-corrected chi connectivity index (χ1v) is 12.6. The maximum Gasteiger partial charge on any atom is 0.255 e. The monoisotopic (exact) mass is 548 g/mol. The van der Waals surface area contributed by atoms with Crippen molar-refractivity contribution in [2.45, 2.75) is 13.0 Å². The number of amides is 1. The lowest BCUT2D eigenvalue weighted by Crippen LogP contribution is -2.31. The third kappa shape index (κ3) is 4.68. The summed E-state index contributed by atoms with van der Waals surface area (Å²) in [6.45, 7) is 1.83. The number of para-hydroxylation sites is 2. The molecular weight excluding hydrogens is 523 g/mol. The molecule has 1 unspecified atom stereocenters. The number of methoxy groups -OCH3 is 1. The van der Waals surface area contributed by atoms with E-state index >= 15 is 0 Å². The van der Waals surface area contributed by atoms with Crippen molar-refractivity contribution < 1.29 is 9.53 Å². The summed E-state index contributed by atoms with van der Waals surface area (Å²) in [4.78, 5) is 20.6. The minimum Gasteiger partial charge on any atom is -0.495 e. The third-order valence-electron chi connectivity index (χ3n) is 6.37. The number of hydrogen-bond donors (Lipinski definition) is 2. The molecule has 10 heteroatoms. The maximum atomic E-state index is 13.8. The fourth-order valence-corrected chi connectivity index (χ4v) is 4.84. The van der Waals surface area contributed by atoms with Crippen molar-refractivity contribution >= 4 is 46.4 Å². The summed E-state index contributed by atoms with van der Waals surface area (Å²) in [7, 11) is 5.52. The van der Waals surface area contributed by atoms with Gasteiger partial charge in [0.2, 0.25) is 5.95 Å². The van der Waals surface area contributed by atoms with Crippen LogP contribution in [0.15, 0.2) is 78.0 Å². The van der Waals surface area contributed by atoms with E-state index in [1.54, 1.807) is 36.1 Å². The summed E-state index contributed by atoms with van der Waals surface area (Å²) in [5, 5.41) is 11.8. The molecular formula is C28H26Cl2N6O2. The Morgan fingerprint density at radius 1 is 1.05 bits per heavy atom. The Labute approximate surface area is 230 Å². The fraction of sp³-hybridized carbons (Fsp3) is 0.179. The Balaban J connectivity index is 1.61. The zero-order valence-electron chi connectivity index (χ0n) is 21.3. The summed E-state index contributed by atoms with van der Waals surface area (Å²) >= 11 is 13.1. The summed E-state index contributed by atoms with van der Waals surface area (Å²) < 4.78 is 7.10. The van der Waals surface area contributed by atoms with Crippen LogP contribution in [0.2, 0.25) is 10.0 Å². The van der Waals surface area contributed by atoms with Gasteiger partial charge < -0.3 is 20.3 Å². The van der Waals surface area contributed by atoms with E-state index in [0.29, 0.717) is 50.1 Å². The Hall–Kier alpha value is -4.01. The molecule has 0 saturated heterocycles. The quantitative estimate of drug-likeness (QED) is 0.296. The number of ether oxygens (including phenoxy) is 1. The molecule has 8 nitrogen and oxygen atoms in total. The van der Waals surface area contributed by atoms with Gasteiger partial charge >= 0.3 is 0 Å². The van der Waals surface area contributed by atoms with Crippen molar-refractivity contribution in [1.82, 2.24) is 14.8 Å². The van der Waals surface area contributed by atoms with Gasteiger partial charge in [-0.25, -0.2) is 4.68 Å². The zero-order chi connectivity index (χ0) is 27.0. The highest BCUT2D eigenvalue weighted by atomic mass is 35.5. The highest BCUT2D eigenvalue weighted by molar-refractivity contribution is 6.42. The SMILES string of the molecule is COc1ccccc1NC(=O)C1=C(C)Nc2nc(-c3ccc(N(C)C)cc3)nn2C1c1cccc(Cl)c1Cl. The topological polar surface area (TPSA) is 84.3 Å². The van der Waals surface area contributed by atoms with Gasteiger partial charge in [-0.2, -0.15) is 4.98 Å². The second kappa shape index (κ2) is 10.4. The highest BCUT2D eigenvalue weighted by Crippen LogP contribution is 2.41. The van der Waals surface area contributed by atoms with Gasteiger partial charge in [0.25, 0.3) is 5.91 Å². The van der Waals surface area contributed by atoms with Gasteiger partial charge in [0.15, 0.2) is 5.82 Å². The lowest BCUT2D eigenvalue weighted by Gasteiger charge is -2.29. The van der Waals surface area contributed by atoms with Gasteiger partial charge in [-0.15, -0.1) is 5.10 Å². The van der Waals surface area contributed by atoms with E-state index in [2.05, 4.69) is 10.6 Å². The molecule has 2 heterocycles. The van der Waals surface area contributed by atoms with Gasteiger partial charge in [-0.1, -0.05) is 47.5 Å². The molecule has 1 aromatic heterocycles. The molecule has 0 radical (unpaired) electrons. The second-order valence-electron chi connectivity index (χ2n) is 9.01. The molecule has 0 saturated carbocycles. The lowest BCUT2D eigenvalue weighted by atomic mass is 9.95. The first-order valence-electron chi connectivity index (χ1n) is 11.9. The second-order valence-corrected chi connectivity index (χ2v) is 9.79. The summed E-state index contributed by atoms with van der Waals surface area (Å²) in [6, 6.07) is 19.8. The van der Waals surface area contributed by atoms with Crippen LogP contribution in [0.1, 0.15) is 18.5 Å². The van der Waals surface area contributed by atoms with Gasteiger partial charge in [-0.3, -0.25) is 4.79 Å². The smallest absolute Gasteiger partial charge is 0.255 e. The Morgan fingerprint density at radius 2 is 1.79 bits per heavy atom. The molecule has 0 spiro atoms. The molecule has 1 atom stereocenters. The van der Waals surface area contributed by atoms with Crippen LogP contribution in [0.3, 0.4) is 0 Å². The number of nitrogens with one attached hydrogen (secondary N) is 2. The van der Waals surface area contributed by atoms with Crippen LogP contribution in [0.25, 0.3) is 11.4 Å². The Bertz CT molecular complexity index is 1550. The highest BCUT2D eigenvalue weighted by Gasteiger charge is 2.36. The van der Waals surface area contributed by atoms with Crippen LogP contribution in [0, 0.1) is 0 Å². The van der Waals surface area contributed by atoms with Gasteiger partial charge in [-0.05, 0) is 49.4 Å². The molecule has 1 aliphatic heterocycles. The van der Waals surface area contributed by atoms with E-state index in [0.717, 1.165) is 11.3 Å². The molecule has 38 heavy (non-hydrogen) atoms. The van der Waals surface area contributed by atoms with Crippen molar-refractivity contribution in [2.75, 3.05) is 36.7 Å². The molecule has 3 aromatic carbocycles. The van der Waals surface area contributed by atoms with Gasteiger partial charge in [0, 0.05) is 36.6 Å². The number of benzene rings is 3. The normalized spacial score (nSPS) is 14.5.